The van der Waals surface area contributed by atoms with Crippen molar-refractivity contribution in [1.82, 2.24) is 0 Å². The molecule has 4 nitrogen and oxygen atoms in total. The number of nitriles is 1. The molecule has 1 atom stereocenters. The molecule has 0 heterocycles. The van der Waals surface area contributed by atoms with E-state index in [0.29, 0.717) is 0 Å². The molecule has 0 radical (unpaired) electrons. The first-order chi connectivity index (χ1) is 6.57. The molecule has 5 heteroatoms. The zero-order valence-corrected chi connectivity index (χ0v) is 6.94. The quantitative estimate of drug-likeness (QED) is 0.692. The molecule has 0 saturated carbocycles. The SMILES string of the molecule is N#CC(O)c1c(F)cccc1C(=O)O. The maximum Gasteiger partial charge on any atom is 0.336 e. The van der Waals surface area contributed by atoms with Gasteiger partial charge >= 0.3 is 5.97 Å². The van der Waals surface area contributed by atoms with E-state index in [1.165, 1.54) is 12.1 Å². The number of carbonyl (C=O) groups is 1. The number of hydrogen-bond acceptors (Lipinski definition) is 3. The number of nitrogens with zero attached hydrogens (tertiary/aromatic N) is 1. The Kier molecular flexibility index (Phi) is 2.79. The molecule has 1 aromatic rings. The number of hydrogen-bond donors (Lipinski definition) is 2. The van der Waals surface area contributed by atoms with Gasteiger partial charge in [0.25, 0.3) is 0 Å². The minimum atomic E-state index is -1.76. The van der Waals surface area contributed by atoms with Crippen LogP contribution in [0.25, 0.3) is 0 Å². The van der Waals surface area contributed by atoms with Gasteiger partial charge in [-0.05, 0) is 12.1 Å². The van der Waals surface area contributed by atoms with Gasteiger partial charge in [-0.1, -0.05) is 6.07 Å². The number of rotatable bonds is 2. The van der Waals surface area contributed by atoms with E-state index < -0.39 is 29.0 Å². The van der Waals surface area contributed by atoms with E-state index in [0.717, 1.165) is 12.1 Å². The largest absolute Gasteiger partial charge is 0.478 e. The summed E-state index contributed by atoms with van der Waals surface area (Å²) in [5, 5.41) is 26.1. The van der Waals surface area contributed by atoms with Crippen molar-refractivity contribution in [3.05, 3.63) is 35.1 Å². The summed E-state index contributed by atoms with van der Waals surface area (Å²) in [6.07, 6.45) is -1.76. The second-order valence-electron chi connectivity index (χ2n) is 2.54. The van der Waals surface area contributed by atoms with Crippen LogP contribution in [0.5, 0.6) is 0 Å². The average molecular weight is 195 g/mol. The highest BCUT2D eigenvalue weighted by Gasteiger charge is 2.20. The summed E-state index contributed by atoms with van der Waals surface area (Å²) >= 11 is 0. The predicted molar refractivity (Wildman–Crippen MR) is 43.9 cm³/mol. The zero-order valence-electron chi connectivity index (χ0n) is 6.94. The molecule has 1 unspecified atom stereocenters. The van der Waals surface area contributed by atoms with E-state index >= 15 is 0 Å². The van der Waals surface area contributed by atoms with Gasteiger partial charge < -0.3 is 10.2 Å². The van der Waals surface area contributed by atoms with Gasteiger partial charge in [0.1, 0.15) is 5.82 Å². The molecule has 0 aliphatic heterocycles. The molecule has 0 saturated heterocycles. The number of halogens is 1. The second kappa shape index (κ2) is 3.85. The van der Waals surface area contributed by atoms with Gasteiger partial charge in [0.15, 0.2) is 6.10 Å². The van der Waals surface area contributed by atoms with Crippen molar-refractivity contribution in [2.24, 2.45) is 0 Å². The predicted octanol–water partition coefficient (Wildman–Crippen LogP) is 1.08. The minimum Gasteiger partial charge on any atom is -0.478 e. The van der Waals surface area contributed by atoms with E-state index in [1.807, 2.05) is 0 Å². The molecule has 1 aromatic carbocycles. The first-order valence-electron chi connectivity index (χ1n) is 3.67. The lowest BCUT2D eigenvalue weighted by atomic mass is 10.0. The number of aliphatic hydroxyl groups is 1. The highest BCUT2D eigenvalue weighted by molar-refractivity contribution is 5.89. The van der Waals surface area contributed by atoms with Crippen molar-refractivity contribution in [1.29, 1.82) is 5.26 Å². The first kappa shape index (κ1) is 10.2. The van der Waals surface area contributed by atoms with Crippen LogP contribution in [0.4, 0.5) is 4.39 Å². The van der Waals surface area contributed by atoms with Crippen LogP contribution in [-0.4, -0.2) is 16.2 Å². The standard InChI is InChI=1S/C9H6FNO3/c10-6-3-1-2-5(9(13)14)8(6)7(12)4-11/h1-3,7,12H,(H,13,14). The van der Waals surface area contributed by atoms with Gasteiger partial charge in [-0.15, -0.1) is 0 Å². The Morgan fingerprint density at radius 1 is 1.57 bits per heavy atom. The van der Waals surface area contributed by atoms with Crippen LogP contribution < -0.4 is 0 Å². The third kappa shape index (κ3) is 1.70. The minimum absolute atomic E-state index is 0.404. The monoisotopic (exact) mass is 195 g/mol. The number of aromatic carboxylic acids is 1. The molecule has 0 bridgehead atoms. The lowest BCUT2D eigenvalue weighted by Gasteiger charge is -2.07. The van der Waals surface area contributed by atoms with Gasteiger partial charge in [-0.25, -0.2) is 9.18 Å². The Hall–Kier alpha value is -1.93. The molecule has 0 aliphatic carbocycles. The highest BCUT2D eigenvalue weighted by Crippen LogP contribution is 2.21. The summed E-state index contributed by atoms with van der Waals surface area (Å²) in [6, 6.07) is 4.69. The van der Waals surface area contributed by atoms with E-state index in [-0.39, 0.29) is 0 Å². The summed E-state index contributed by atoms with van der Waals surface area (Å²) in [6.45, 7) is 0. The number of benzene rings is 1. The molecule has 1 rings (SSSR count). The van der Waals surface area contributed by atoms with Crippen LogP contribution in [0.15, 0.2) is 18.2 Å². The maximum absolute atomic E-state index is 13.1. The van der Waals surface area contributed by atoms with Gasteiger partial charge in [-0.2, -0.15) is 5.26 Å². The lowest BCUT2D eigenvalue weighted by molar-refractivity contribution is 0.0691. The third-order valence-corrected chi connectivity index (χ3v) is 1.68. The number of carboxylic acids is 1. The summed E-state index contributed by atoms with van der Waals surface area (Å²) in [4.78, 5) is 10.6. The fourth-order valence-electron chi connectivity index (χ4n) is 1.07. The molecule has 72 valence electrons. The van der Waals surface area contributed by atoms with Crippen LogP contribution in [0.1, 0.15) is 22.0 Å². The van der Waals surface area contributed by atoms with E-state index in [2.05, 4.69) is 0 Å². The molecular formula is C9H6FNO3. The highest BCUT2D eigenvalue weighted by atomic mass is 19.1. The van der Waals surface area contributed by atoms with Crippen molar-refractivity contribution in [3.8, 4) is 6.07 Å². The van der Waals surface area contributed by atoms with Crippen molar-refractivity contribution in [2.75, 3.05) is 0 Å². The lowest BCUT2D eigenvalue weighted by Crippen LogP contribution is -2.08. The van der Waals surface area contributed by atoms with Crippen LogP contribution in [-0.2, 0) is 0 Å². The molecule has 0 spiro atoms. The molecular weight excluding hydrogens is 189 g/mol. The van der Waals surface area contributed by atoms with Crippen LogP contribution in [0.3, 0.4) is 0 Å². The first-order valence-corrected chi connectivity index (χ1v) is 3.67. The molecule has 0 fully saturated rings. The van der Waals surface area contributed by atoms with Crippen molar-refractivity contribution in [2.45, 2.75) is 6.10 Å². The Morgan fingerprint density at radius 3 is 2.71 bits per heavy atom. The fraction of sp³-hybridized carbons (Fsp3) is 0.111. The Bertz CT molecular complexity index is 411. The fourth-order valence-corrected chi connectivity index (χ4v) is 1.07. The topological polar surface area (TPSA) is 81.3 Å². The van der Waals surface area contributed by atoms with Gasteiger partial charge in [0.05, 0.1) is 11.6 Å². The normalized spacial score (nSPS) is 11.8. The Labute approximate surface area is 78.8 Å². The van der Waals surface area contributed by atoms with Crippen molar-refractivity contribution < 1.29 is 19.4 Å². The molecule has 14 heavy (non-hydrogen) atoms. The van der Waals surface area contributed by atoms with Crippen LogP contribution in [0.2, 0.25) is 0 Å². The summed E-state index contributed by atoms with van der Waals surface area (Å²) in [7, 11) is 0. The third-order valence-electron chi connectivity index (χ3n) is 1.68. The van der Waals surface area contributed by atoms with E-state index in [1.54, 1.807) is 0 Å². The number of carboxylic acid groups (broad SMARTS) is 1. The molecule has 0 aliphatic rings. The molecule has 0 amide bonds. The molecule has 2 N–H and O–H groups in total. The smallest absolute Gasteiger partial charge is 0.336 e. The summed E-state index contributed by atoms with van der Waals surface area (Å²) in [5.41, 5.74) is -0.901. The van der Waals surface area contributed by atoms with Gasteiger partial charge in [-0.3, -0.25) is 0 Å². The Morgan fingerprint density at radius 2 is 2.21 bits per heavy atom. The van der Waals surface area contributed by atoms with E-state index in [9.17, 15) is 9.18 Å². The van der Waals surface area contributed by atoms with Crippen molar-refractivity contribution >= 4 is 5.97 Å². The van der Waals surface area contributed by atoms with E-state index in [4.69, 9.17) is 15.5 Å². The summed E-state index contributed by atoms with van der Waals surface area (Å²) < 4.78 is 13.1. The zero-order chi connectivity index (χ0) is 10.7. The van der Waals surface area contributed by atoms with Gasteiger partial charge in [0, 0.05) is 5.56 Å². The average Bonchev–Trinajstić information content (AvgIpc) is 2.16. The maximum atomic E-state index is 13.1. The Balaban J connectivity index is 3.38. The van der Waals surface area contributed by atoms with Crippen molar-refractivity contribution in [3.63, 3.8) is 0 Å². The molecule has 0 aromatic heterocycles. The number of aliphatic hydroxyl groups excluding tert-OH is 1. The summed E-state index contributed by atoms with van der Waals surface area (Å²) in [5.74, 6) is -2.28. The van der Waals surface area contributed by atoms with Crippen LogP contribution in [0, 0.1) is 17.1 Å². The van der Waals surface area contributed by atoms with Gasteiger partial charge in [0.2, 0.25) is 0 Å². The van der Waals surface area contributed by atoms with Crippen LogP contribution >= 0.6 is 0 Å². The second-order valence-corrected chi connectivity index (χ2v) is 2.54.